The molecule has 2 aromatic heterocycles. The standard InChI is InChI=1S/C22H35N3/c1-16(2)13-25(14-17(3)4)15-18-7-9-19(10-8-18)20-12-24-21-6-5-11-23-22(20)21/h5-6,11-12,16-19,24H,7-10,13-15H2,1-4H3. The third-order valence-corrected chi connectivity index (χ3v) is 5.51. The molecule has 1 saturated carbocycles. The lowest BCUT2D eigenvalue weighted by Crippen LogP contribution is -2.36. The SMILES string of the molecule is CC(C)CN(CC(C)C)CC1CCC(c2c[nH]c3cccnc23)CC1. The lowest BCUT2D eigenvalue weighted by molar-refractivity contribution is 0.163. The van der Waals surface area contributed by atoms with E-state index in [2.05, 4.69) is 54.8 Å². The maximum Gasteiger partial charge on any atom is 0.0913 e. The van der Waals surface area contributed by atoms with Gasteiger partial charge in [-0.3, -0.25) is 4.98 Å². The first-order valence-corrected chi connectivity index (χ1v) is 10.2. The zero-order chi connectivity index (χ0) is 17.8. The van der Waals surface area contributed by atoms with Gasteiger partial charge in [0.15, 0.2) is 0 Å². The molecular formula is C22H35N3. The van der Waals surface area contributed by atoms with Crippen molar-refractivity contribution < 1.29 is 0 Å². The van der Waals surface area contributed by atoms with Crippen LogP contribution < -0.4 is 0 Å². The molecule has 3 nitrogen and oxygen atoms in total. The highest BCUT2D eigenvalue weighted by molar-refractivity contribution is 5.79. The maximum absolute atomic E-state index is 4.61. The minimum Gasteiger partial charge on any atom is -0.360 e. The Morgan fingerprint density at radius 3 is 2.40 bits per heavy atom. The van der Waals surface area contributed by atoms with Crippen LogP contribution in [0, 0.1) is 17.8 Å². The third kappa shape index (κ3) is 4.84. The van der Waals surface area contributed by atoms with Crippen LogP contribution in [0.15, 0.2) is 24.5 Å². The molecule has 0 amide bonds. The molecule has 1 fully saturated rings. The first-order chi connectivity index (χ1) is 12.0. The van der Waals surface area contributed by atoms with Gasteiger partial charge in [-0.25, -0.2) is 0 Å². The van der Waals surface area contributed by atoms with Crippen molar-refractivity contribution in [2.45, 2.75) is 59.3 Å². The van der Waals surface area contributed by atoms with Crippen LogP contribution in [0.25, 0.3) is 11.0 Å². The van der Waals surface area contributed by atoms with Crippen molar-refractivity contribution in [1.82, 2.24) is 14.9 Å². The summed E-state index contributed by atoms with van der Waals surface area (Å²) >= 11 is 0. The van der Waals surface area contributed by atoms with Gasteiger partial charge in [0.25, 0.3) is 0 Å². The Balaban J connectivity index is 1.57. The second kappa shape index (κ2) is 8.35. The topological polar surface area (TPSA) is 31.9 Å². The number of hydrogen-bond donors (Lipinski definition) is 1. The van der Waals surface area contributed by atoms with Crippen molar-refractivity contribution in [3.05, 3.63) is 30.1 Å². The number of aromatic nitrogens is 2. The average Bonchev–Trinajstić information content (AvgIpc) is 2.98. The molecule has 1 N–H and O–H groups in total. The summed E-state index contributed by atoms with van der Waals surface area (Å²) in [6.45, 7) is 13.1. The van der Waals surface area contributed by atoms with Gasteiger partial charge in [0.05, 0.1) is 11.0 Å². The van der Waals surface area contributed by atoms with Crippen LogP contribution in [0.3, 0.4) is 0 Å². The summed E-state index contributed by atoms with van der Waals surface area (Å²) in [7, 11) is 0. The second-order valence-electron chi connectivity index (χ2n) is 8.87. The summed E-state index contributed by atoms with van der Waals surface area (Å²) in [5.41, 5.74) is 3.81. The molecule has 25 heavy (non-hydrogen) atoms. The van der Waals surface area contributed by atoms with Gasteiger partial charge in [0.2, 0.25) is 0 Å². The van der Waals surface area contributed by atoms with Gasteiger partial charge >= 0.3 is 0 Å². The molecule has 2 heterocycles. The van der Waals surface area contributed by atoms with Crippen molar-refractivity contribution in [2.75, 3.05) is 19.6 Å². The van der Waals surface area contributed by atoms with Crippen LogP contribution >= 0.6 is 0 Å². The van der Waals surface area contributed by atoms with Gasteiger partial charge in [0, 0.05) is 32.0 Å². The predicted octanol–water partition coefficient (Wildman–Crippen LogP) is 5.45. The molecule has 0 bridgehead atoms. The minimum absolute atomic E-state index is 0.684. The molecular weight excluding hydrogens is 306 g/mol. The van der Waals surface area contributed by atoms with Crippen molar-refractivity contribution >= 4 is 11.0 Å². The Labute approximate surface area is 153 Å². The molecule has 0 unspecified atom stereocenters. The summed E-state index contributed by atoms with van der Waals surface area (Å²) in [6, 6.07) is 4.14. The summed E-state index contributed by atoms with van der Waals surface area (Å²) in [5.74, 6) is 3.07. The first kappa shape index (κ1) is 18.4. The zero-order valence-electron chi connectivity index (χ0n) is 16.5. The molecule has 0 radical (unpaired) electrons. The van der Waals surface area contributed by atoms with E-state index in [-0.39, 0.29) is 0 Å². The van der Waals surface area contributed by atoms with Crippen LogP contribution in [0.1, 0.15) is 64.9 Å². The molecule has 3 heteroatoms. The van der Waals surface area contributed by atoms with Crippen LogP contribution in [-0.2, 0) is 0 Å². The van der Waals surface area contributed by atoms with Gasteiger partial charge in [-0.2, -0.15) is 0 Å². The van der Waals surface area contributed by atoms with E-state index in [0.717, 1.165) is 17.8 Å². The van der Waals surface area contributed by atoms with Gasteiger partial charge in [0.1, 0.15) is 0 Å². The lowest BCUT2D eigenvalue weighted by Gasteiger charge is -2.34. The molecule has 1 aliphatic rings. The van der Waals surface area contributed by atoms with Gasteiger partial charge in [-0.15, -0.1) is 0 Å². The Kier molecular flexibility index (Phi) is 6.16. The second-order valence-corrected chi connectivity index (χ2v) is 8.87. The summed E-state index contributed by atoms with van der Waals surface area (Å²) in [4.78, 5) is 10.7. The number of aromatic amines is 1. The largest absolute Gasteiger partial charge is 0.360 e. The molecule has 0 spiro atoms. The zero-order valence-corrected chi connectivity index (χ0v) is 16.5. The number of fused-ring (bicyclic) bond motifs is 1. The van der Waals surface area contributed by atoms with Gasteiger partial charge < -0.3 is 9.88 Å². The fourth-order valence-electron chi connectivity index (χ4n) is 4.56. The van der Waals surface area contributed by atoms with Crippen LogP contribution in [-0.4, -0.2) is 34.5 Å². The Hall–Kier alpha value is -1.35. The predicted molar refractivity (Wildman–Crippen MR) is 107 cm³/mol. The molecule has 0 aromatic carbocycles. The summed E-state index contributed by atoms with van der Waals surface area (Å²) in [6.07, 6.45) is 9.46. The number of hydrogen-bond acceptors (Lipinski definition) is 2. The van der Waals surface area contributed by atoms with E-state index in [1.807, 2.05) is 12.3 Å². The molecule has 0 saturated heterocycles. The van der Waals surface area contributed by atoms with E-state index in [1.54, 1.807) is 0 Å². The van der Waals surface area contributed by atoms with Crippen molar-refractivity contribution in [3.63, 3.8) is 0 Å². The highest BCUT2D eigenvalue weighted by Gasteiger charge is 2.26. The molecule has 2 aromatic rings. The number of rotatable bonds is 7. The lowest BCUT2D eigenvalue weighted by atomic mass is 9.79. The van der Waals surface area contributed by atoms with E-state index in [4.69, 9.17) is 0 Å². The minimum atomic E-state index is 0.684. The molecule has 3 rings (SSSR count). The van der Waals surface area contributed by atoms with E-state index in [9.17, 15) is 0 Å². The summed E-state index contributed by atoms with van der Waals surface area (Å²) < 4.78 is 0. The molecule has 1 aliphatic carbocycles. The number of nitrogens with zero attached hydrogens (tertiary/aromatic N) is 2. The van der Waals surface area contributed by atoms with Crippen LogP contribution in [0.2, 0.25) is 0 Å². The number of nitrogens with one attached hydrogen (secondary N) is 1. The Morgan fingerprint density at radius 2 is 1.76 bits per heavy atom. The summed E-state index contributed by atoms with van der Waals surface area (Å²) in [5, 5.41) is 0. The Bertz CT molecular complexity index is 640. The fourth-order valence-corrected chi connectivity index (χ4v) is 4.56. The average molecular weight is 342 g/mol. The maximum atomic E-state index is 4.61. The van der Waals surface area contributed by atoms with Crippen molar-refractivity contribution in [2.24, 2.45) is 17.8 Å². The first-order valence-electron chi connectivity index (χ1n) is 10.2. The molecule has 138 valence electrons. The number of pyridine rings is 1. The van der Waals surface area contributed by atoms with Gasteiger partial charge in [-0.1, -0.05) is 27.7 Å². The van der Waals surface area contributed by atoms with E-state index >= 15 is 0 Å². The van der Waals surface area contributed by atoms with Gasteiger partial charge in [-0.05, 0) is 67.1 Å². The third-order valence-electron chi connectivity index (χ3n) is 5.51. The van der Waals surface area contributed by atoms with E-state index < -0.39 is 0 Å². The van der Waals surface area contributed by atoms with Crippen LogP contribution in [0.5, 0.6) is 0 Å². The van der Waals surface area contributed by atoms with Crippen LogP contribution in [0.4, 0.5) is 0 Å². The highest BCUT2D eigenvalue weighted by Crippen LogP contribution is 2.38. The monoisotopic (exact) mass is 341 g/mol. The smallest absolute Gasteiger partial charge is 0.0913 e. The number of H-pyrrole nitrogens is 1. The Morgan fingerprint density at radius 1 is 1.08 bits per heavy atom. The van der Waals surface area contributed by atoms with Crippen molar-refractivity contribution in [3.8, 4) is 0 Å². The molecule has 0 atom stereocenters. The van der Waals surface area contributed by atoms with E-state index in [0.29, 0.717) is 5.92 Å². The normalized spacial score (nSPS) is 21.7. The quantitative estimate of drug-likeness (QED) is 0.726. The van der Waals surface area contributed by atoms with Crippen molar-refractivity contribution in [1.29, 1.82) is 0 Å². The fraction of sp³-hybridized carbons (Fsp3) is 0.682. The highest BCUT2D eigenvalue weighted by atomic mass is 15.1. The molecule has 0 aliphatic heterocycles. The van der Waals surface area contributed by atoms with E-state index in [1.165, 1.54) is 61.9 Å².